The molecular formula is C9H9NS2. The monoisotopic (exact) mass is 195 g/mol. The zero-order valence-electron chi connectivity index (χ0n) is 6.53. The highest BCUT2D eigenvalue weighted by Gasteiger charge is 2.70. The van der Waals surface area contributed by atoms with E-state index < -0.39 is 0 Å². The molecule has 0 spiro atoms. The van der Waals surface area contributed by atoms with Crippen molar-refractivity contribution in [3.05, 3.63) is 24.3 Å². The SMILES string of the molecule is SCC1=NC23C=CC=CC2(C3)S1. The van der Waals surface area contributed by atoms with Gasteiger partial charge in [0.05, 0.1) is 9.79 Å². The predicted octanol–water partition coefficient (Wildman–Crippen LogP) is 2.07. The average molecular weight is 195 g/mol. The summed E-state index contributed by atoms with van der Waals surface area (Å²) in [5.74, 6) is 0.788. The fraction of sp³-hybridized carbons (Fsp3) is 0.444. The second kappa shape index (κ2) is 2.02. The maximum atomic E-state index is 4.69. The molecule has 0 aromatic carbocycles. The van der Waals surface area contributed by atoms with Crippen LogP contribution in [0.5, 0.6) is 0 Å². The number of allylic oxidation sites excluding steroid dienone is 2. The van der Waals surface area contributed by atoms with Gasteiger partial charge in [0.15, 0.2) is 0 Å². The van der Waals surface area contributed by atoms with Crippen LogP contribution >= 0.6 is 24.4 Å². The zero-order chi connectivity index (χ0) is 8.23. The molecule has 0 saturated heterocycles. The summed E-state index contributed by atoms with van der Waals surface area (Å²) < 4.78 is 0.305. The van der Waals surface area contributed by atoms with Crippen molar-refractivity contribution in [3.63, 3.8) is 0 Å². The molecule has 0 amide bonds. The molecular weight excluding hydrogens is 186 g/mol. The summed E-state index contributed by atoms with van der Waals surface area (Å²) in [7, 11) is 0. The van der Waals surface area contributed by atoms with Crippen LogP contribution in [-0.2, 0) is 0 Å². The van der Waals surface area contributed by atoms with Crippen molar-refractivity contribution in [1.82, 2.24) is 0 Å². The summed E-state index contributed by atoms with van der Waals surface area (Å²) in [5.41, 5.74) is 0.143. The Balaban J connectivity index is 2.05. The Morgan fingerprint density at radius 1 is 1.50 bits per heavy atom. The van der Waals surface area contributed by atoms with Crippen LogP contribution in [0, 0.1) is 0 Å². The molecule has 1 fully saturated rings. The van der Waals surface area contributed by atoms with Crippen molar-refractivity contribution >= 4 is 29.4 Å². The van der Waals surface area contributed by atoms with Gasteiger partial charge in [-0.05, 0) is 6.42 Å². The Bertz CT molecular complexity index is 331. The second-order valence-corrected chi connectivity index (χ2v) is 5.19. The summed E-state index contributed by atoms with van der Waals surface area (Å²) in [4.78, 5) is 4.69. The van der Waals surface area contributed by atoms with Gasteiger partial charge in [-0.2, -0.15) is 12.6 Å². The van der Waals surface area contributed by atoms with Gasteiger partial charge in [0.2, 0.25) is 0 Å². The first-order valence-corrected chi connectivity index (χ1v) is 5.51. The third kappa shape index (κ3) is 0.673. The highest BCUT2D eigenvalue weighted by Crippen LogP contribution is 2.67. The van der Waals surface area contributed by atoms with E-state index in [2.05, 4.69) is 36.9 Å². The minimum atomic E-state index is 0.143. The number of thiol groups is 1. The van der Waals surface area contributed by atoms with Crippen LogP contribution in [-0.4, -0.2) is 21.1 Å². The lowest BCUT2D eigenvalue weighted by molar-refractivity contribution is 0.831. The van der Waals surface area contributed by atoms with Gasteiger partial charge in [-0.15, -0.1) is 0 Å². The number of aliphatic imine (C=N–C) groups is 1. The summed E-state index contributed by atoms with van der Waals surface area (Å²) in [5, 5.41) is 1.20. The molecule has 2 aliphatic carbocycles. The predicted molar refractivity (Wildman–Crippen MR) is 57.2 cm³/mol. The van der Waals surface area contributed by atoms with Crippen molar-refractivity contribution < 1.29 is 0 Å². The quantitative estimate of drug-likeness (QED) is 0.632. The summed E-state index contributed by atoms with van der Waals surface area (Å²) in [6.07, 6.45) is 9.95. The second-order valence-electron chi connectivity index (χ2n) is 3.47. The molecule has 1 aliphatic heterocycles. The Morgan fingerprint density at radius 3 is 3.08 bits per heavy atom. The number of hydrogen-bond donors (Lipinski definition) is 1. The molecule has 1 heterocycles. The molecule has 0 aromatic heterocycles. The number of rotatable bonds is 1. The van der Waals surface area contributed by atoms with Crippen molar-refractivity contribution in [2.45, 2.75) is 16.7 Å². The maximum absolute atomic E-state index is 4.69. The van der Waals surface area contributed by atoms with Gasteiger partial charge in [-0.3, -0.25) is 4.99 Å². The molecule has 0 N–H and O–H groups in total. The average Bonchev–Trinajstić information content (AvgIpc) is 2.62. The van der Waals surface area contributed by atoms with Crippen molar-refractivity contribution in [2.24, 2.45) is 4.99 Å². The minimum absolute atomic E-state index is 0.143. The van der Waals surface area contributed by atoms with E-state index in [-0.39, 0.29) is 5.54 Å². The van der Waals surface area contributed by atoms with Crippen molar-refractivity contribution in [1.29, 1.82) is 0 Å². The van der Waals surface area contributed by atoms with Gasteiger partial charge in [-0.1, -0.05) is 36.1 Å². The van der Waals surface area contributed by atoms with Gasteiger partial charge in [0.25, 0.3) is 0 Å². The van der Waals surface area contributed by atoms with Gasteiger partial charge in [-0.25, -0.2) is 0 Å². The number of hydrogen-bond acceptors (Lipinski definition) is 3. The highest BCUT2D eigenvalue weighted by molar-refractivity contribution is 8.17. The molecule has 3 aliphatic rings. The van der Waals surface area contributed by atoms with E-state index in [1.165, 1.54) is 11.5 Å². The van der Waals surface area contributed by atoms with Gasteiger partial charge in [0, 0.05) is 5.75 Å². The van der Waals surface area contributed by atoms with Crippen LogP contribution in [0.1, 0.15) is 6.42 Å². The Labute approximate surface area is 81.4 Å². The van der Waals surface area contributed by atoms with Crippen LogP contribution in [0.2, 0.25) is 0 Å². The summed E-state index contributed by atoms with van der Waals surface area (Å²) in [6.45, 7) is 0. The third-order valence-corrected chi connectivity index (χ3v) is 4.73. The molecule has 0 radical (unpaired) electrons. The molecule has 3 heteroatoms. The first-order chi connectivity index (χ1) is 5.80. The molecule has 1 saturated carbocycles. The lowest BCUT2D eigenvalue weighted by atomic mass is 10.1. The van der Waals surface area contributed by atoms with Crippen LogP contribution in [0.15, 0.2) is 29.3 Å². The van der Waals surface area contributed by atoms with Crippen molar-refractivity contribution in [2.75, 3.05) is 5.75 Å². The van der Waals surface area contributed by atoms with Gasteiger partial charge in [0.1, 0.15) is 5.54 Å². The fourth-order valence-corrected chi connectivity index (χ4v) is 3.73. The number of nitrogens with zero attached hydrogens (tertiary/aromatic N) is 1. The molecule has 0 aromatic rings. The maximum Gasteiger partial charge on any atom is 0.100 e. The molecule has 62 valence electrons. The van der Waals surface area contributed by atoms with Crippen LogP contribution < -0.4 is 0 Å². The first-order valence-electron chi connectivity index (χ1n) is 4.06. The van der Waals surface area contributed by atoms with Crippen molar-refractivity contribution in [3.8, 4) is 0 Å². The molecule has 1 nitrogen and oxygen atoms in total. The Hall–Kier alpha value is -0.150. The van der Waals surface area contributed by atoms with E-state index in [9.17, 15) is 0 Å². The lowest BCUT2D eigenvalue weighted by Gasteiger charge is -2.09. The molecule has 2 atom stereocenters. The number of thioether (sulfide) groups is 1. The van der Waals surface area contributed by atoms with E-state index in [0.717, 1.165) is 5.75 Å². The van der Waals surface area contributed by atoms with Crippen LogP contribution in [0.25, 0.3) is 0 Å². The lowest BCUT2D eigenvalue weighted by Crippen LogP contribution is -2.13. The van der Waals surface area contributed by atoms with Gasteiger partial charge >= 0.3 is 0 Å². The standard InChI is InChI=1S/C9H9NS2/c11-5-7-10-8-3-1-2-4-9(8,6-8)12-7/h1-4,11H,5-6H2. The Kier molecular flexibility index (Phi) is 1.22. The van der Waals surface area contributed by atoms with Gasteiger partial charge < -0.3 is 0 Å². The smallest absolute Gasteiger partial charge is 0.100 e. The van der Waals surface area contributed by atoms with E-state index >= 15 is 0 Å². The van der Waals surface area contributed by atoms with E-state index in [1.54, 1.807) is 0 Å². The molecule has 3 rings (SSSR count). The molecule has 2 unspecified atom stereocenters. The Morgan fingerprint density at radius 2 is 2.33 bits per heavy atom. The fourth-order valence-electron chi connectivity index (χ4n) is 2.04. The minimum Gasteiger partial charge on any atom is -0.269 e. The molecule has 0 bridgehead atoms. The zero-order valence-corrected chi connectivity index (χ0v) is 8.24. The normalized spacial score (nSPS) is 46.9. The topological polar surface area (TPSA) is 12.4 Å². The van der Waals surface area contributed by atoms with Crippen LogP contribution in [0.4, 0.5) is 0 Å². The summed E-state index contributed by atoms with van der Waals surface area (Å²) in [6, 6.07) is 0. The van der Waals surface area contributed by atoms with E-state index in [4.69, 9.17) is 4.99 Å². The highest BCUT2D eigenvalue weighted by atomic mass is 32.2. The first kappa shape index (κ1) is 7.27. The van der Waals surface area contributed by atoms with E-state index in [0.29, 0.717) is 4.75 Å². The van der Waals surface area contributed by atoms with Crippen LogP contribution in [0.3, 0.4) is 0 Å². The third-order valence-electron chi connectivity index (χ3n) is 2.75. The summed E-state index contributed by atoms with van der Waals surface area (Å²) >= 11 is 6.15. The van der Waals surface area contributed by atoms with E-state index in [1.807, 2.05) is 11.8 Å². The largest absolute Gasteiger partial charge is 0.269 e. The molecule has 12 heavy (non-hydrogen) atoms.